The number of methoxy groups -OCH3 is 4. The van der Waals surface area contributed by atoms with Gasteiger partial charge in [0.05, 0.1) is 0 Å². The summed E-state index contributed by atoms with van der Waals surface area (Å²) in [5.74, 6) is 0. The quantitative estimate of drug-likeness (QED) is 0.319. The number of rotatable bonds is 11. The lowest BCUT2D eigenvalue weighted by Crippen LogP contribution is -2.25. The van der Waals surface area contributed by atoms with Crippen molar-refractivity contribution in [3.05, 3.63) is 10.1 Å². The second kappa shape index (κ2) is 10.2. The summed E-state index contributed by atoms with van der Waals surface area (Å²) in [5, 5.41) is 10.9. The molecule has 0 bridgehead atoms. The second-order valence-corrected chi connectivity index (χ2v) is 3.90. The summed E-state index contributed by atoms with van der Waals surface area (Å²) < 4.78 is 20.0. The van der Waals surface area contributed by atoms with Crippen LogP contribution in [0.1, 0.15) is 25.7 Å². The predicted molar refractivity (Wildman–Crippen MR) is 64.9 cm³/mol. The van der Waals surface area contributed by atoms with E-state index in [2.05, 4.69) is 0 Å². The third kappa shape index (κ3) is 6.85. The van der Waals surface area contributed by atoms with Crippen molar-refractivity contribution < 1.29 is 23.9 Å². The number of hydrogen-bond donors (Lipinski definition) is 0. The van der Waals surface area contributed by atoms with Gasteiger partial charge in [0.25, 0.3) is 0 Å². The molecule has 0 radical (unpaired) electrons. The van der Waals surface area contributed by atoms with Crippen LogP contribution in [0.3, 0.4) is 0 Å². The van der Waals surface area contributed by atoms with E-state index in [4.69, 9.17) is 18.9 Å². The fourth-order valence-corrected chi connectivity index (χ4v) is 1.68. The average molecular weight is 265 g/mol. The highest BCUT2D eigenvalue weighted by molar-refractivity contribution is 4.60. The molecule has 0 spiro atoms. The summed E-state index contributed by atoms with van der Waals surface area (Å²) in [5.41, 5.74) is 0. The summed E-state index contributed by atoms with van der Waals surface area (Å²) in [4.78, 5) is 10.6. The van der Waals surface area contributed by atoms with Crippen molar-refractivity contribution in [1.82, 2.24) is 0 Å². The number of hydrogen-bond acceptors (Lipinski definition) is 6. The molecule has 0 heterocycles. The summed E-state index contributed by atoms with van der Waals surface area (Å²) in [6, 6.07) is -0.634. The normalized spacial score (nSPS) is 11.7. The van der Waals surface area contributed by atoms with Crippen molar-refractivity contribution in [1.29, 1.82) is 0 Å². The first-order chi connectivity index (χ1) is 8.58. The standard InChI is InChI=1S/C11H23NO6/c1-15-10(16-2)7-5-9(12(13)14)6-8-11(17-3)18-4/h9-11H,5-8H2,1-4H3. The van der Waals surface area contributed by atoms with Gasteiger partial charge < -0.3 is 18.9 Å². The van der Waals surface area contributed by atoms with Gasteiger partial charge in [0.15, 0.2) is 12.6 Å². The Morgan fingerprint density at radius 2 is 1.17 bits per heavy atom. The predicted octanol–water partition coefficient (Wildman–Crippen LogP) is 1.43. The van der Waals surface area contributed by atoms with Crippen molar-refractivity contribution in [3.63, 3.8) is 0 Å². The molecule has 0 aliphatic rings. The van der Waals surface area contributed by atoms with Crippen LogP contribution in [0.2, 0.25) is 0 Å². The lowest BCUT2D eigenvalue weighted by molar-refractivity contribution is -0.525. The molecule has 0 saturated heterocycles. The molecule has 0 aliphatic heterocycles. The molecule has 0 rings (SSSR count). The lowest BCUT2D eigenvalue weighted by atomic mass is 10.1. The van der Waals surface area contributed by atoms with Crippen molar-refractivity contribution in [2.45, 2.75) is 44.3 Å². The van der Waals surface area contributed by atoms with E-state index in [0.29, 0.717) is 25.7 Å². The van der Waals surface area contributed by atoms with E-state index in [1.54, 1.807) is 0 Å². The summed E-state index contributed by atoms with van der Waals surface area (Å²) in [7, 11) is 6.06. The fraction of sp³-hybridized carbons (Fsp3) is 1.00. The van der Waals surface area contributed by atoms with Crippen LogP contribution in [0.25, 0.3) is 0 Å². The minimum Gasteiger partial charge on any atom is -0.356 e. The van der Waals surface area contributed by atoms with E-state index in [1.807, 2.05) is 0 Å². The minimum atomic E-state index is -0.634. The molecule has 0 unspecified atom stereocenters. The largest absolute Gasteiger partial charge is 0.356 e. The van der Waals surface area contributed by atoms with Gasteiger partial charge in [-0.15, -0.1) is 0 Å². The van der Waals surface area contributed by atoms with E-state index in [1.165, 1.54) is 28.4 Å². The van der Waals surface area contributed by atoms with E-state index in [-0.39, 0.29) is 4.92 Å². The monoisotopic (exact) mass is 265 g/mol. The molecule has 0 atom stereocenters. The number of nitro groups is 1. The molecule has 18 heavy (non-hydrogen) atoms. The van der Waals surface area contributed by atoms with Crippen molar-refractivity contribution in [2.75, 3.05) is 28.4 Å². The zero-order valence-corrected chi connectivity index (χ0v) is 11.5. The third-order valence-electron chi connectivity index (χ3n) is 2.82. The van der Waals surface area contributed by atoms with Crippen LogP contribution in [-0.2, 0) is 18.9 Å². The summed E-state index contributed by atoms with van der Waals surface area (Å²) in [6.07, 6.45) is 0.993. The molecule has 108 valence electrons. The molecule has 0 saturated carbocycles. The van der Waals surface area contributed by atoms with Gasteiger partial charge in [-0.3, -0.25) is 10.1 Å². The van der Waals surface area contributed by atoms with Gasteiger partial charge in [0.1, 0.15) is 0 Å². The van der Waals surface area contributed by atoms with E-state index in [9.17, 15) is 10.1 Å². The zero-order valence-electron chi connectivity index (χ0n) is 11.5. The van der Waals surface area contributed by atoms with Crippen LogP contribution in [0.15, 0.2) is 0 Å². The van der Waals surface area contributed by atoms with Gasteiger partial charge >= 0.3 is 0 Å². The number of nitrogens with zero attached hydrogens (tertiary/aromatic N) is 1. The molecule has 0 aromatic heterocycles. The fourth-order valence-electron chi connectivity index (χ4n) is 1.68. The molecular formula is C11H23NO6. The molecule has 0 aliphatic carbocycles. The van der Waals surface area contributed by atoms with Crippen molar-refractivity contribution >= 4 is 0 Å². The molecule has 0 aromatic carbocycles. The summed E-state index contributed by atoms with van der Waals surface area (Å²) in [6.45, 7) is 0. The first kappa shape index (κ1) is 17.2. The van der Waals surface area contributed by atoms with E-state index in [0.717, 1.165) is 0 Å². The molecule has 0 N–H and O–H groups in total. The number of ether oxygens (including phenoxy) is 4. The minimum absolute atomic E-state index is 0.273. The Kier molecular flexibility index (Phi) is 9.76. The Hall–Kier alpha value is -0.760. The average Bonchev–Trinajstić information content (AvgIpc) is 2.37. The topological polar surface area (TPSA) is 80.1 Å². The molecule has 7 heteroatoms. The van der Waals surface area contributed by atoms with Gasteiger partial charge in [-0.25, -0.2) is 0 Å². The van der Waals surface area contributed by atoms with Crippen molar-refractivity contribution in [3.8, 4) is 0 Å². The van der Waals surface area contributed by atoms with Gasteiger partial charge in [-0.1, -0.05) is 0 Å². The Morgan fingerprint density at radius 1 is 0.833 bits per heavy atom. The van der Waals surface area contributed by atoms with Crippen LogP contribution in [-0.4, -0.2) is 52.0 Å². The van der Waals surface area contributed by atoms with Crippen molar-refractivity contribution in [2.24, 2.45) is 0 Å². The maximum atomic E-state index is 10.9. The molecular weight excluding hydrogens is 242 g/mol. The zero-order chi connectivity index (χ0) is 14.0. The van der Waals surface area contributed by atoms with E-state index < -0.39 is 18.6 Å². The van der Waals surface area contributed by atoms with Crippen LogP contribution in [0.5, 0.6) is 0 Å². The second-order valence-electron chi connectivity index (χ2n) is 3.90. The summed E-state index contributed by atoms with van der Waals surface area (Å²) >= 11 is 0. The molecule has 0 amide bonds. The molecule has 7 nitrogen and oxygen atoms in total. The smallest absolute Gasteiger partial charge is 0.213 e. The highest BCUT2D eigenvalue weighted by Gasteiger charge is 2.23. The van der Waals surface area contributed by atoms with Crippen LogP contribution in [0, 0.1) is 10.1 Å². The van der Waals surface area contributed by atoms with E-state index >= 15 is 0 Å². The Labute approximate surface area is 107 Å². The van der Waals surface area contributed by atoms with Crippen LogP contribution >= 0.6 is 0 Å². The van der Waals surface area contributed by atoms with Gasteiger partial charge in [0.2, 0.25) is 6.04 Å². The highest BCUT2D eigenvalue weighted by Crippen LogP contribution is 2.14. The SMILES string of the molecule is COC(CCC(CCC(OC)OC)[N+](=O)[O-])OC. The molecule has 0 fully saturated rings. The highest BCUT2D eigenvalue weighted by atomic mass is 16.7. The van der Waals surface area contributed by atoms with Gasteiger partial charge in [-0.05, 0) is 0 Å². The maximum absolute atomic E-state index is 10.9. The molecule has 0 aromatic rings. The first-order valence-electron chi connectivity index (χ1n) is 5.83. The third-order valence-corrected chi connectivity index (χ3v) is 2.82. The Morgan fingerprint density at radius 3 is 1.39 bits per heavy atom. The lowest BCUT2D eigenvalue weighted by Gasteiger charge is -2.17. The Balaban J connectivity index is 4.10. The van der Waals surface area contributed by atoms with Crippen LogP contribution in [0.4, 0.5) is 0 Å². The van der Waals surface area contributed by atoms with Gasteiger partial charge in [0, 0.05) is 59.0 Å². The van der Waals surface area contributed by atoms with Gasteiger partial charge in [-0.2, -0.15) is 0 Å². The maximum Gasteiger partial charge on any atom is 0.213 e. The van der Waals surface area contributed by atoms with Crippen LogP contribution < -0.4 is 0 Å². The first-order valence-corrected chi connectivity index (χ1v) is 5.83. The Bertz CT molecular complexity index is 202.